The maximum Gasteiger partial charge on any atom is 0.341 e. The molecular formula is C17H17NO6S2. The van der Waals surface area contributed by atoms with Crippen LogP contribution in [0.1, 0.15) is 19.4 Å². The van der Waals surface area contributed by atoms with Crippen LogP contribution in [0.5, 0.6) is 5.75 Å². The molecule has 0 aromatic heterocycles. The molecule has 1 aromatic rings. The first kappa shape index (κ1) is 19.9. The summed E-state index contributed by atoms with van der Waals surface area (Å²) < 4.78 is 5.39. The fraction of sp³-hybridized carbons (Fsp3) is 0.294. The van der Waals surface area contributed by atoms with Gasteiger partial charge in [0, 0.05) is 5.56 Å². The van der Waals surface area contributed by atoms with Crippen LogP contribution in [0.4, 0.5) is 0 Å². The summed E-state index contributed by atoms with van der Waals surface area (Å²) in [5.74, 6) is -2.75. The molecule has 1 aliphatic heterocycles. The predicted octanol–water partition coefficient (Wildman–Crippen LogP) is 2.46. The maximum absolute atomic E-state index is 12.7. The van der Waals surface area contributed by atoms with Crippen LogP contribution in [0, 0.1) is 5.92 Å². The zero-order chi connectivity index (χ0) is 19.4. The second-order valence-electron chi connectivity index (χ2n) is 5.80. The summed E-state index contributed by atoms with van der Waals surface area (Å²) in [5, 5.41) is 18.2. The largest absolute Gasteiger partial charge is 0.481 e. The zero-order valence-corrected chi connectivity index (χ0v) is 15.7. The maximum atomic E-state index is 12.7. The number of ether oxygens (including phenoxy) is 1. The third kappa shape index (κ3) is 4.41. The molecule has 1 fully saturated rings. The van der Waals surface area contributed by atoms with E-state index >= 15 is 0 Å². The highest BCUT2D eigenvalue weighted by molar-refractivity contribution is 8.26. The van der Waals surface area contributed by atoms with Crippen molar-refractivity contribution < 1.29 is 29.3 Å². The van der Waals surface area contributed by atoms with Crippen LogP contribution in [-0.2, 0) is 14.4 Å². The van der Waals surface area contributed by atoms with Crippen molar-refractivity contribution in [2.24, 2.45) is 5.92 Å². The van der Waals surface area contributed by atoms with Gasteiger partial charge in [-0.05, 0) is 18.1 Å². The van der Waals surface area contributed by atoms with E-state index in [0.29, 0.717) is 11.3 Å². The van der Waals surface area contributed by atoms with Crippen molar-refractivity contribution in [3.05, 3.63) is 34.7 Å². The highest BCUT2D eigenvalue weighted by Gasteiger charge is 2.41. The molecule has 0 aliphatic carbocycles. The molecule has 1 atom stereocenters. The van der Waals surface area contributed by atoms with Gasteiger partial charge in [0.25, 0.3) is 5.91 Å². The predicted molar refractivity (Wildman–Crippen MR) is 101 cm³/mol. The van der Waals surface area contributed by atoms with Gasteiger partial charge in [0.15, 0.2) is 6.61 Å². The molecule has 0 radical (unpaired) electrons. The first-order valence-electron chi connectivity index (χ1n) is 7.66. The summed E-state index contributed by atoms with van der Waals surface area (Å²) in [5.41, 5.74) is 0.505. The van der Waals surface area contributed by atoms with E-state index in [4.69, 9.17) is 22.1 Å². The second kappa shape index (κ2) is 8.33. The number of carbonyl (C=O) groups excluding carboxylic acids is 1. The van der Waals surface area contributed by atoms with E-state index in [1.807, 2.05) is 0 Å². The molecule has 0 spiro atoms. The summed E-state index contributed by atoms with van der Waals surface area (Å²) >= 11 is 6.21. The summed E-state index contributed by atoms with van der Waals surface area (Å²) in [6.45, 7) is 2.90. The van der Waals surface area contributed by atoms with Crippen LogP contribution < -0.4 is 4.74 Å². The van der Waals surface area contributed by atoms with Gasteiger partial charge in [-0.15, -0.1) is 0 Å². The number of thiocarbonyl (C=S) groups is 1. The third-order valence-corrected chi connectivity index (χ3v) is 4.87. The fourth-order valence-electron chi connectivity index (χ4n) is 2.43. The lowest BCUT2D eigenvalue weighted by Crippen LogP contribution is -2.47. The van der Waals surface area contributed by atoms with Gasteiger partial charge in [-0.2, -0.15) is 0 Å². The van der Waals surface area contributed by atoms with Crippen LogP contribution in [-0.4, -0.2) is 49.9 Å². The second-order valence-corrected chi connectivity index (χ2v) is 7.47. The van der Waals surface area contributed by atoms with Gasteiger partial charge in [-0.1, -0.05) is 56.0 Å². The van der Waals surface area contributed by atoms with Crippen LogP contribution >= 0.6 is 24.0 Å². The number of para-hydroxylation sites is 1. The number of thioether (sulfide) groups is 1. The molecule has 1 amide bonds. The molecule has 26 heavy (non-hydrogen) atoms. The van der Waals surface area contributed by atoms with Crippen molar-refractivity contribution >= 4 is 52.2 Å². The molecule has 0 bridgehead atoms. The van der Waals surface area contributed by atoms with Crippen LogP contribution in [0.25, 0.3) is 6.08 Å². The summed E-state index contributed by atoms with van der Waals surface area (Å²) in [6, 6.07) is 5.60. The Morgan fingerprint density at radius 3 is 2.54 bits per heavy atom. The molecular weight excluding hydrogens is 378 g/mol. The molecule has 9 heteroatoms. The van der Waals surface area contributed by atoms with E-state index in [-0.39, 0.29) is 15.1 Å². The summed E-state index contributed by atoms with van der Waals surface area (Å²) in [7, 11) is 0. The fourth-order valence-corrected chi connectivity index (χ4v) is 3.75. The molecule has 1 aliphatic rings. The normalized spacial score (nSPS) is 17.0. The van der Waals surface area contributed by atoms with E-state index in [9.17, 15) is 19.5 Å². The molecule has 2 N–H and O–H groups in total. The van der Waals surface area contributed by atoms with Crippen molar-refractivity contribution in [1.82, 2.24) is 4.90 Å². The Kier molecular flexibility index (Phi) is 6.38. The van der Waals surface area contributed by atoms with Crippen molar-refractivity contribution in [1.29, 1.82) is 0 Å². The van der Waals surface area contributed by atoms with Crippen molar-refractivity contribution in [2.75, 3.05) is 6.61 Å². The third-order valence-electron chi connectivity index (χ3n) is 3.54. The lowest BCUT2D eigenvalue weighted by atomic mass is 10.0. The molecule has 7 nitrogen and oxygen atoms in total. The number of carboxylic acid groups (broad SMARTS) is 2. The minimum absolute atomic E-state index is 0.172. The number of nitrogens with zero attached hydrogens (tertiary/aromatic N) is 1. The monoisotopic (exact) mass is 395 g/mol. The number of aliphatic carboxylic acids is 2. The van der Waals surface area contributed by atoms with Gasteiger partial charge in [0.2, 0.25) is 0 Å². The SMILES string of the molecule is CC(C)C(C(=O)O)N1C(=O)/C(=C/c2ccccc2OCC(=O)O)SC1=S. The van der Waals surface area contributed by atoms with Gasteiger partial charge >= 0.3 is 11.9 Å². The van der Waals surface area contributed by atoms with Gasteiger partial charge < -0.3 is 14.9 Å². The Labute approximate surface area is 159 Å². The van der Waals surface area contributed by atoms with Crippen LogP contribution in [0.2, 0.25) is 0 Å². The van der Waals surface area contributed by atoms with Crippen LogP contribution in [0.15, 0.2) is 29.2 Å². The van der Waals surface area contributed by atoms with Crippen molar-refractivity contribution in [3.8, 4) is 5.75 Å². The molecule has 0 saturated carbocycles. The number of carboxylic acids is 2. The Bertz CT molecular complexity index is 789. The van der Waals surface area contributed by atoms with Crippen molar-refractivity contribution in [2.45, 2.75) is 19.9 Å². The number of carbonyl (C=O) groups is 3. The number of rotatable bonds is 7. The standard InChI is InChI=1S/C17H17NO6S2/c1-9(2)14(16(22)23)18-15(21)12(26-17(18)25)7-10-5-3-4-6-11(10)24-8-13(19)20/h3-7,9,14H,8H2,1-2H3,(H,19,20)(H,22,23)/b12-7-. The van der Waals surface area contributed by atoms with Gasteiger partial charge in [-0.25, -0.2) is 9.59 Å². The quantitative estimate of drug-likeness (QED) is 0.536. The Morgan fingerprint density at radius 1 is 1.31 bits per heavy atom. The number of benzene rings is 1. The van der Waals surface area contributed by atoms with Crippen LogP contribution in [0.3, 0.4) is 0 Å². The highest BCUT2D eigenvalue weighted by Crippen LogP contribution is 2.36. The molecule has 1 unspecified atom stereocenters. The minimum Gasteiger partial charge on any atom is -0.481 e. The lowest BCUT2D eigenvalue weighted by molar-refractivity contribution is -0.146. The van der Waals surface area contributed by atoms with E-state index in [0.717, 1.165) is 16.7 Å². The van der Waals surface area contributed by atoms with E-state index in [1.54, 1.807) is 38.1 Å². The zero-order valence-electron chi connectivity index (χ0n) is 14.0. The number of hydrogen-bond donors (Lipinski definition) is 2. The Hall–Kier alpha value is -2.39. The minimum atomic E-state index is -1.12. The Morgan fingerprint density at radius 2 is 1.96 bits per heavy atom. The van der Waals surface area contributed by atoms with Crippen molar-refractivity contribution in [3.63, 3.8) is 0 Å². The average Bonchev–Trinajstić information content (AvgIpc) is 2.81. The van der Waals surface area contributed by atoms with E-state index in [1.165, 1.54) is 6.08 Å². The lowest BCUT2D eigenvalue weighted by Gasteiger charge is -2.26. The molecule has 1 heterocycles. The van der Waals surface area contributed by atoms with Gasteiger partial charge in [-0.3, -0.25) is 9.69 Å². The van der Waals surface area contributed by atoms with E-state index in [2.05, 4.69) is 0 Å². The molecule has 138 valence electrons. The van der Waals surface area contributed by atoms with E-state index < -0.39 is 30.5 Å². The Balaban J connectivity index is 2.33. The highest BCUT2D eigenvalue weighted by atomic mass is 32.2. The first-order valence-corrected chi connectivity index (χ1v) is 8.88. The smallest absolute Gasteiger partial charge is 0.341 e. The molecule has 1 aromatic carbocycles. The molecule has 1 saturated heterocycles. The number of hydrogen-bond acceptors (Lipinski definition) is 6. The van der Waals surface area contributed by atoms with Gasteiger partial charge in [0.05, 0.1) is 4.91 Å². The number of amides is 1. The van der Waals surface area contributed by atoms with Gasteiger partial charge in [0.1, 0.15) is 16.1 Å². The summed E-state index contributed by atoms with van der Waals surface area (Å²) in [6.07, 6.45) is 1.52. The molecule has 2 rings (SSSR count). The average molecular weight is 395 g/mol. The first-order chi connectivity index (χ1) is 12.2. The summed E-state index contributed by atoms with van der Waals surface area (Å²) in [4.78, 5) is 36.3. The topological polar surface area (TPSA) is 104 Å².